The summed E-state index contributed by atoms with van der Waals surface area (Å²) in [5.74, 6) is 0. The lowest BCUT2D eigenvalue weighted by Gasteiger charge is -2.12. The molecule has 0 spiro atoms. The van der Waals surface area contributed by atoms with Gasteiger partial charge < -0.3 is 4.57 Å². The fraction of sp³-hybridized carbons (Fsp3) is 0. The molecule has 0 saturated heterocycles. The third-order valence-electron chi connectivity index (χ3n) is 3.85. The second kappa shape index (κ2) is 4.95. The highest BCUT2D eigenvalue weighted by molar-refractivity contribution is 5.84. The number of fused-ring (bicyclic) bond motifs is 1. The van der Waals surface area contributed by atoms with Crippen molar-refractivity contribution < 1.29 is 0 Å². The molecule has 0 saturated carbocycles. The highest BCUT2D eigenvalue weighted by Crippen LogP contribution is 2.29. The number of hydrogen-bond acceptors (Lipinski definition) is 0. The molecule has 3 aromatic carbocycles. The van der Waals surface area contributed by atoms with Crippen LogP contribution in [0.15, 0.2) is 91.1 Å². The van der Waals surface area contributed by atoms with Gasteiger partial charge in [0.1, 0.15) is 0 Å². The summed E-state index contributed by atoms with van der Waals surface area (Å²) in [6.07, 6.45) is 2.15. The maximum atomic E-state index is 2.26. The number of aromatic nitrogens is 1. The number of para-hydroxylation sites is 2. The lowest BCUT2D eigenvalue weighted by Crippen LogP contribution is -1.95. The Morgan fingerprint density at radius 3 is 2.19 bits per heavy atom. The Labute approximate surface area is 124 Å². The van der Waals surface area contributed by atoms with E-state index >= 15 is 0 Å². The van der Waals surface area contributed by atoms with Crippen molar-refractivity contribution in [3.05, 3.63) is 91.1 Å². The Kier molecular flexibility index (Phi) is 2.82. The van der Waals surface area contributed by atoms with Crippen molar-refractivity contribution in [2.24, 2.45) is 0 Å². The van der Waals surface area contributed by atoms with Gasteiger partial charge in [-0.3, -0.25) is 0 Å². The molecule has 0 aliphatic carbocycles. The van der Waals surface area contributed by atoms with E-state index in [1.165, 1.54) is 27.7 Å². The quantitative estimate of drug-likeness (QED) is 0.465. The van der Waals surface area contributed by atoms with Crippen LogP contribution < -0.4 is 0 Å². The van der Waals surface area contributed by atoms with E-state index in [2.05, 4.69) is 95.7 Å². The minimum atomic E-state index is 1.21. The SMILES string of the molecule is c1ccc(-c2ccccc2-n2ccc3ccccc32)cc1. The highest BCUT2D eigenvalue weighted by atomic mass is 15.0. The first-order chi connectivity index (χ1) is 10.4. The number of hydrogen-bond donors (Lipinski definition) is 0. The van der Waals surface area contributed by atoms with Crippen LogP contribution in [-0.2, 0) is 0 Å². The molecule has 1 aromatic heterocycles. The third kappa shape index (κ3) is 2.03. The van der Waals surface area contributed by atoms with Crippen LogP contribution in [0.4, 0.5) is 0 Å². The van der Waals surface area contributed by atoms with E-state index in [1.54, 1.807) is 0 Å². The summed E-state index contributed by atoms with van der Waals surface area (Å²) in [5.41, 5.74) is 4.94. The van der Waals surface area contributed by atoms with Crippen LogP contribution in [0.2, 0.25) is 0 Å². The lowest BCUT2D eigenvalue weighted by molar-refractivity contribution is 1.13. The van der Waals surface area contributed by atoms with Gasteiger partial charge in [-0.05, 0) is 29.1 Å². The first-order valence-electron chi connectivity index (χ1n) is 7.14. The summed E-state index contributed by atoms with van der Waals surface area (Å²) in [6.45, 7) is 0. The van der Waals surface area contributed by atoms with Gasteiger partial charge in [0.05, 0.1) is 11.2 Å². The summed E-state index contributed by atoms with van der Waals surface area (Å²) in [5, 5.41) is 1.26. The first-order valence-corrected chi connectivity index (χ1v) is 7.14. The van der Waals surface area contributed by atoms with E-state index in [1.807, 2.05) is 0 Å². The predicted octanol–water partition coefficient (Wildman–Crippen LogP) is 5.30. The average molecular weight is 269 g/mol. The largest absolute Gasteiger partial charge is 0.316 e. The normalized spacial score (nSPS) is 10.9. The maximum absolute atomic E-state index is 2.26. The third-order valence-corrected chi connectivity index (χ3v) is 3.85. The molecule has 4 aromatic rings. The summed E-state index contributed by atoms with van der Waals surface area (Å²) in [6, 6.07) is 29.7. The zero-order chi connectivity index (χ0) is 14.1. The van der Waals surface area contributed by atoms with Gasteiger partial charge >= 0.3 is 0 Å². The zero-order valence-corrected chi connectivity index (χ0v) is 11.6. The molecule has 0 aliphatic heterocycles. The van der Waals surface area contributed by atoms with Crippen molar-refractivity contribution in [2.45, 2.75) is 0 Å². The van der Waals surface area contributed by atoms with Crippen molar-refractivity contribution in [3.63, 3.8) is 0 Å². The minimum Gasteiger partial charge on any atom is -0.316 e. The average Bonchev–Trinajstić information content (AvgIpc) is 3.00. The molecule has 0 bridgehead atoms. The molecule has 100 valence electrons. The highest BCUT2D eigenvalue weighted by Gasteiger charge is 2.08. The van der Waals surface area contributed by atoms with Gasteiger partial charge in [0.2, 0.25) is 0 Å². The summed E-state index contributed by atoms with van der Waals surface area (Å²) in [7, 11) is 0. The molecule has 21 heavy (non-hydrogen) atoms. The lowest BCUT2D eigenvalue weighted by atomic mass is 10.0. The van der Waals surface area contributed by atoms with Gasteiger partial charge in [0, 0.05) is 11.8 Å². The van der Waals surface area contributed by atoms with Crippen LogP contribution >= 0.6 is 0 Å². The van der Waals surface area contributed by atoms with Crippen molar-refractivity contribution >= 4 is 10.9 Å². The van der Waals surface area contributed by atoms with Crippen LogP contribution in [0, 0.1) is 0 Å². The van der Waals surface area contributed by atoms with Crippen molar-refractivity contribution in [1.29, 1.82) is 0 Å². The van der Waals surface area contributed by atoms with Crippen molar-refractivity contribution in [1.82, 2.24) is 4.57 Å². The first kappa shape index (κ1) is 12.0. The molecule has 1 heteroatoms. The summed E-state index contributed by atoms with van der Waals surface area (Å²) < 4.78 is 2.26. The number of benzene rings is 3. The standard InChI is InChI=1S/C20H15N/c1-2-8-16(9-3-1)18-11-5-7-13-20(18)21-15-14-17-10-4-6-12-19(17)21/h1-15H. The number of rotatable bonds is 2. The summed E-state index contributed by atoms with van der Waals surface area (Å²) >= 11 is 0. The molecule has 0 N–H and O–H groups in total. The molecule has 0 unspecified atom stereocenters. The second-order valence-electron chi connectivity index (χ2n) is 5.13. The van der Waals surface area contributed by atoms with Gasteiger partial charge in [0.15, 0.2) is 0 Å². The second-order valence-corrected chi connectivity index (χ2v) is 5.13. The van der Waals surface area contributed by atoms with Gasteiger partial charge in [0.25, 0.3) is 0 Å². The monoisotopic (exact) mass is 269 g/mol. The van der Waals surface area contributed by atoms with Gasteiger partial charge in [-0.2, -0.15) is 0 Å². The van der Waals surface area contributed by atoms with Crippen LogP contribution in [0.5, 0.6) is 0 Å². The van der Waals surface area contributed by atoms with Gasteiger partial charge in [-0.1, -0.05) is 66.7 Å². The molecule has 0 amide bonds. The van der Waals surface area contributed by atoms with E-state index in [0.717, 1.165) is 0 Å². The molecule has 0 radical (unpaired) electrons. The molecule has 1 heterocycles. The fourth-order valence-electron chi connectivity index (χ4n) is 2.84. The Bertz CT molecular complexity index is 888. The van der Waals surface area contributed by atoms with E-state index in [4.69, 9.17) is 0 Å². The Hall–Kier alpha value is -2.80. The minimum absolute atomic E-state index is 1.21. The molecular formula is C20H15N. The zero-order valence-electron chi connectivity index (χ0n) is 11.6. The van der Waals surface area contributed by atoms with E-state index in [9.17, 15) is 0 Å². The number of nitrogens with zero attached hydrogens (tertiary/aromatic N) is 1. The van der Waals surface area contributed by atoms with Crippen LogP contribution in [0.3, 0.4) is 0 Å². The Morgan fingerprint density at radius 1 is 0.571 bits per heavy atom. The topological polar surface area (TPSA) is 4.93 Å². The maximum Gasteiger partial charge on any atom is 0.0534 e. The van der Waals surface area contributed by atoms with E-state index in [0.29, 0.717) is 0 Å². The predicted molar refractivity (Wildman–Crippen MR) is 88.7 cm³/mol. The van der Waals surface area contributed by atoms with Crippen LogP contribution in [0.1, 0.15) is 0 Å². The van der Waals surface area contributed by atoms with E-state index < -0.39 is 0 Å². The molecule has 1 nitrogen and oxygen atoms in total. The molecule has 0 atom stereocenters. The molecule has 4 rings (SSSR count). The van der Waals surface area contributed by atoms with E-state index in [-0.39, 0.29) is 0 Å². The summed E-state index contributed by atoms with van der Waals surface area (Å²) in [4.78, 5) is 0. The van der Waals surface area contributed by atoms with Gasteiger partial charge in [-0.15, -0.1) is 0 Å². The molecule has 0 fully saturated rings. The molecule has 0 aliphatic rings. The Morgan fingerprint density at radius 2 is 1.29 bits per heavy atom. The van der Waals surface area contributed by atoms with Crippen LogP contribution in [-0.4, -0.2) is 4.57 Å². The van der Waals surface area contributed by atoms with Crippen LogP contribution in [0.25, 0.3) is 27.7 Å². The molecular weight excluding hydrogens is 254 g/mol. The Balaban J connectivity index is 1.98. The smallest absolute Gasteiger partial charge is 0.0534 e. The van der Waals surface area contributed by atoms with Crippen molar-refractivity contribution in [3.8, 4) is 16.8 Å². The fourth-order valence-corrected chi connectivity index (χ4v) is 2.84. The van der Waals surface area contributed by atoms with Crippen molar-refractivity contribution in [2.75, 3.05) is 0 Å². The van der Waals surface area contributed by atoms with Gasteiger partial charge in [-0.25, -0.2) is 0 Å².